The zero-order chi connectivity index (χ0) is 7.28. The molecule has 0 heterocycles. The number of amides is 1. The summed E-state index contributed by atoms with van der Waals surface area (Å²) in [6.45, 7) is 5.03. The van der Waals surface area contributed by atoms with Gasteiger partial charge in [0.2, 0.25) is 5.91 Å². The van der Waals surface area contributed by atoms with Crippen molar-refractivity contribution in [3.8, 4) is 0 Å². The first-order valence-electron chi connectivity index (χ1n) is 2.67. The normalized spacial score (nSPS) is 11.0. The van der Waals surface area contributed by atoms with E-state index in [-0.39, 0.29) is 0 Å². The van der Waals surface area contributed by atoms with Crippen LogP contribution in [0.5, 0.6) is 0 Å². The Morgan fingerprint density at radius 2 is 2.44 bits per heavy atom. The van der Waals surface area contributed by atoms with Gasteiger partial charge in [-0.25, -0.2) is 0 Å². The van der Waals surface area contributed by atoms with E-state index < -0.39 is 5.91 Å². The van der Waals surface area contributed by atoms with Crippen LogP contribution in [0.25, 0.3) is 0 Å². The summed E-state index contributed by atoms with van der Waals surface area (Å²) in [7, 11) is 0. The molecule has 0 atom stereocenters. The predicted octanol–water partition coefficient (Wildman–Crippen LogP) is 0.466. The molecule has 0 saturated carbocycles. The van der Waals surface area contributed by atoms with E-state index in [2.05, 4.69) is 11.7 Å². The number of hydrogen-bond donors (Lipinski definition) is 1. The molecule has 0 aliphatic carbocycles. The van der Waals surface area contributed by atoms with Crippen LogP contribution in [0, 0.1) is 0 Å². The lowest BCUT2D eigenvalue weighted by atomic mass is 10.2. The van der Waals surface area contributed by atoms with E-state index in [9.17, 15) is 4.79 Å². The highest BCUT2D eigenvalue weighted by Crippen LogP contribution is 1.97. The van der Waals surface area contributed by atoms with Crippen molar-refractivity contribution in [1.29, 1.82) is 0 Å². The van der Waals surface area contributed by atoms with Gasteiger partial charge in [0.05, 0.1) is 0 Å². The fraction of sp³-hybridized carbons (Fsp3) is 0.333. The summed E-state index contributed by atoms with van der Waals surface area (Å²) in [5, 5.41) is 0. The van der Waals surface area contributed by atoms with Gasteiger partial charge < -0.3 is 5.73 Å². The summed E-state index contributed by atoms with van der Waals surface area (Å²) >= 11 is 0. The Morgan fingerprint density at radius 1 is 1.89 bits per heavy atom. The van der Waals surface area contributed by atoms with Gasteiger partial charge >= 0.3 is 0 Å². The van der Waals surface area contributed by atoms with E-state index in [0.717, 1.165) is 0 Å². The number of nitrogens with zero attached hydrogens (tertiary/aromatic N) is 1. The number of carbonyl (C=O) groups excluding carboxylic acids is 1. The van der Waals surface area contributed by atoms with E-state index in [0.29, 0.717) is 12.0 Å². The molecule has 0 saturated heterocycles. The number of primary amides is 1. The second-order valence-electron chi connectivity index (χ2n) is 1.55. The van der Waals surface area contributed by atoms with Crippen LogP contribution in [0.3, 0.4) is 0 Å². The lowest BCUT2D eigenvalue weighted by Crippen LogP contribution is -2.12. The third-order valence-corrected chi connectivity index (χ3v) is 0.945. The molecule has 3 heteroatoms. The maximum atomic E-state index is 10.4. The summed E-state index contributed by atoms with van der Waals surface area (Å²) in [4.78, 5) is 13.8. The van der Waals surface area contributed by atoms with Crippen molar-refractivity contribution in [2.45, 2.75) is 13.3 Å². The Bertz CT molecular complexity index is 149. The zero-order valence-corrected chi connectivity index (χ0v) is 5.42. The molecule has 0 spiro atoms. The summed E-state index contributed by atoms with van der Waals surface area (Å²) in [5.74, 6) is -0.426. The lowest BCUT2D eigenvalue weighted by Gasteiger charge is -1.92. The highest BCUT2D eigenvalue weighted by Gasteiger charge is 1.98. The van der Waals surface area contributed by atoms with Crippen LogP contribution in [-0.4, -0.2) is 12.6 Å². The molecule has 2 N–H and O–H groups in total. The van der Waals surface area contributed by atoms with Crippen LogP contribution in [0.4, 0.5) is 0 Å². The third kappa shape index (κ3) is 2.64. The summed E-state index contributed by atoms with van der Waals surface area (Å²) in [5.41, 5.74) is 5.44. The molecule has 0 bridgehead atoms. The van der Waals surface area contributed by atoms with Crippen LogP contribution in [0.2, 0.25) is 0 Å². The maximum absolute atomic E-state index is 10.4. The van der Waals surface area contributed by atoms with Crippen LogP contribution < -0.4 is 5.73 Å². The van der Waals surface area contributed by atoms with Crippen molar-refractivity contribution in [2.75, 3.05) is 0 Å². The third-order valence-electron chi connectivity index (χ3n) is 0.945. The van der Waals surface area contributed by atoms with Crippen molar-refractivity contribution < 1.29 is 4.79 Å². The first-order chi connectivity index (χ1) is 4.22. The lowest BCUT2D eigenvalue weighted by molar-refractivity contribution is -0.114. The predicted molar refractivity (Wildman–Crippen MR) is 37.1 cm³/mol. The minimum Gasteiger partial charge on any atom is -0.366 e. The van der Waals surface area contributed by atoms with Gasteiger partial charge in [0.15, 0.2) is 0 Å². The van der Waals surface area contributed by atoms with Gasteiger partial charge in [-0.3, -0.25) is 9.79 Å². The Hall–Kier alpha value is -1.12. The van der Waals surface area contributed by atoms with Gasteiger partial charge in [-0.15, -0.1) is 0 Å². The van der Waals surface area contributed by atoms with Crippen molar-refractivity contribution in [2.24, 2.45) is 10.7 Å². The first kappa shape index (κ1) is 7.88. The minimum atomic E-state index is -0.426. The van der Waals surface area contributed by atoms with E-state index >= 15 is 0 Å². The second-order valence-corrected chi connectivity index (χ2v) is 1.55. The molecule has 0 unspecified atom stereocenters. The summed E-state index contributed by atoms with van der Waals surface area (Å²) in [6, 6.07) is 0. The average Bonchev–Trinajstić information content (AvgIpc) is 1.82. The van der Waals surface area contributed by atoms with Gasteiger partial charge in [0.1, 0.15) is 0 Å². The molecule has 0 aromatic heterocycles. The Labute approximate surface area is 54.3 Å². The fourth-order valence-corrected chi connectivity index (χ4v) is 0.439. The monoisotopic (exact) mass is 126 g/mol. The molecule has 3 nitrogen and oxygen atoms in total. The standard InChI is InChI=1S/C6H10N2O/c1-3-5(4-8-2)6(7)9/h4H,2-3H2,1H3,(H2,7,9)/b5-4+. The van der Waals surface area contributed by atoms with E-state index in [1.807, 2.05) is 6.92 Å². The topological polar surface area (TPSA) is 55.4 Å². The molecule has 0 aromatic carbocycles. The quantitative estimate of drug-likeness (QED) is 0.433. The minimum absolute atomic E-state index is 0.426. The smallest absolute Gasteiger partial charge is 0.246 e. The molecule has 0 rings (SSSR count). The van der Waals surface area contributed by atoms with Gasteiger partial charge in [-0.1, -0.05) is 6.92 Å². The van der Waals surface area contributed by atoms with E-state index in [1.54, 1.807) is 0 Å². The van der Waals surface area contributed by atoms with E-state index in [1.165, 1.54) is 6.20 Å². The number of rotatable bonds is 3. The van der Waals surface area contributed by atoms with Crippen LogP contribution >= 0.6 is 0 Å². The Kier molecular flexibility index (Phi) is 3.35. The number of aliphatic imine (C=N–C) groups is 1. The number of nitrogens with two attached hydrogens (primary N) is 1. The fourth-order valence-electron chi connectivity index (χ4n) is 0.439. The van der Waals surface area contributed by atoms with Gasteiger partial charge in [-0.05, 0) is 13.1 Å². The van der Waals surface area contributed by atoms with Crippen molar-refractivity contribution in [1.82, 2.24) is 0 Å². The summed E-state index contributed by atoms with van der Waals surface area (Å²) < 4.78 is 0. The van der Waals surface area contributed by atoms with Crippen LogP contribution in [0.1, 0.15) is 13.3 Å². The largest absolute Gasteiger partial charge is 0.366 e. The summed E-state index contributed by atoms with van der Waals surface area (Å²) in [6.07, 6.45) is 1.98. The number of carbonyl (C=O) groups is 1. The molecule has 0 aromatic rings. The number of hydrogen-bond acceptors (Lipinski definition) is 2. The molecule has 1 amide bonds. The molecule has 0 aliphatic heterocycles. The van der Waals surface area contributed by atoms with Gasteiger partial charge in [0.25, 0.3) is 0 Å². The average molecular weight is 126 g/mol. The molecular formula is C6H10N2O. The SMILES string of the molecule is C=N/C=C(\CC)C(N)=O. The molecular weight excluding hydrogens is 116 g/mol. The highest BCUT2D eigenvalue weighted by molar-refractivity contribution is 5.91. The molecule has 0 radical (unpaired) electrons. The van der Waals surface area contributed by atoms with Crippen molar-refractivity contribution in [3.63, 3.8) is 0 Å². The van der Waals surface area contributed by atoms with Gasteiger partial charge in [0, 0.05) is 11.8 Å². The maximum Gasteiger partial charge on any atom is 0.246 e. The Morgan fingerprint density at radius 3 is 2.56 bits per heavy atom. The van der Waals surface area contributed by atoms with Crippen molar-refractivity contribution >= 4 is 12.6 Å². The first-order valence-corrected chi connectivity index (χ1v) is 2.67. The molecule has 50 valence electrons. The van der Waals surface area contributed by atoms with Crippen molar-refractivity contribution in [3.05, 3.63) is 11.8 Å². The Balaban J connectivity index is 4.14. The van der Waals surface area contributed by atoms with E-state index in [4.69, 9.17) is 5.73 Å². The molecule has 0 aliphatic rings. The van der Waals surface area contributed by atoms with Gasteiger partial charge in [-0.2, -0.15) is 0 Å². The highest BCUT2D eigenvalue weighted by atomic mass is 16.1. The second kappa shape index (κ2) is 3.83. The van der Waals surface area contributed by atoms with Crippen LogP contribution in [0.15, 0.2) is 16.8 Å². The molecule has 9 heavy (non-hydrogen) atoms. The van der Waals surface area contributed by atoms with Crippen LogP contribution in [-0.2, 0) is 4.79 Å². The zero-order valence-electron chi connectivity index (χ0n) is 5.42. The molecule has 0 fully saturated rings.